The Hall–Kier alpha value is -3.48. The van der Waals surface area contributed by atoms with Gasteiger partial charge in [-0.2, -0.15) is 0 Å². The van der Waals surface area contributed by atoms with Crippen LogP contribution in [-0.2, 0) is 23.1 Å². The molecule has 2 atom stereocenters. The number of para-hydroxylation sites is 1. The molecule has 6 rings (SSSR count). The van der Waals surface area contributed by atoms with Gasteiger partial charge in [0.2, 0.25) is 18.6 Å². The number of amides is 2. The molecule has 7 nitrogen and oxygen atoms in total. The number of nitrogens with zero attached hydrogens (tertiary/aromatic N) is 3. The van der Waals surface area contributed by atoms with E-state index in [-0.39, 0.29) is 31.2 Å². The maximum atomic E-state index is 13.2. The van der Waals surface area contributed by atoms with Crippen LogP contribution in [0, 0.1) is 0 Å². The van der Waals surface area contributed by atoms with Crippen LogP contribution in [0.3, 0.4) is 0 Å². The molecule has 0 aliphatic carbocycles. The highest BCUT2D eigenvalue weighted by molar-refractivity contribution is 5.97. The van der Waals surface area contributed by atoms with Gasteiger partial charge < -0.3 is 23.8 Å². The Bertz CT molecular complexity index is 1230. The first kappa shape index (κ1) is 17.4. The van der Waals surface area contributed by atoms with Crippen molar-refractivity contribution in [3.8, 4) is 11.5 Å². The minimum atomic E-state index is -0.509. The molecule has 3 aromatic rings. The van der Waals surface area contributed by atoms with E-state index in [9.17, 15) is 9.59 Å². The highest BCUT2D eigenvalue weighted by Gasteiger charge is 2.48. The average Bonchev–Trinajstić information content (AvgIpc) is 3.33. The van der Waals surface area contributed by atoms with Gasteiger partial charge in [0.15, 0.2) is 11.5 Å². The lowest BCUT2D eigenvalue weighted by atomic mass is 9.86. The van der Waals surface area contributed by atoms with E-state index in [2.05, 4.69) is 16.7 Å². The molecule has 0 bridgehead atoms. The third-order valence-corrected chi connectivity index (χ3v) is 6.57. The zero-order chi connectivity index (χ0) is 20.6. The number of carbonyl (C=O) groups is 2. The number of hydrogen-bond donors (Lipinski definition) is 0. The minimum Gasteiger partial charge on any atom is -0.454 e. The minimum absolute atomic E-state index is 0.0149. The van der Waals surface area contributed by atoms with Gasteiger partial charge in [0.25, 0.3) is 0 Å². The van der Waals surface area contributed by atoms with E-state index in [4.69, 9.17) is 9.47 Å². The van der Waals surface area contributed by atoms with Crippen LogP contribution in [0.2, 0.25) is 0 Å². The van der Waals surface area contributed by atoms with Crippen molar-refractivity contribution in [1.29, 1.82) is 0 Å². The zero-order valence-electron chi connectivity index (χ0n) is 16.8. The Morgan fingerprint density at radius 1 is 1.00 bits per heavy atom. The van der Waals surface area contributed by atoms with Crippen molar-refractivity contribution in [2.24, 2.45) is 7.05 Å². The molecular weight excluding hydrogens is 382 g/mol. The molecule has 7 heteroatoms. The molecule has 4 heterocycles. The summed E-state index contributed by atoms with van der Waals surface area (Å²) in [7, 11) is 3.73. The van der Waals surface area contributed by atoms with Gasteiger partial charge in [0.1, 0.15) is 6.04 Å². The van der Waals surface area contributed by atoms with Gasteiger partial charge in [-0.1, -0.05) is 24.3 Å². The van der Waals surface area contributed by atoms with Crippen LogP contribution in [0.15, 0.2) is 42.5 Å². The lowest BCUT2D eigenvalue weighted by molar-refractivity contribution is -0.157. The number of carbonyl (C=O) groups excluding carboxylic acids is 2. The van der Waals surface area contributed by atoms with E-state index >= 15 is 0 Å². The summed E-state index contributed by atoms with van der Waals surface area (Å²) in [5.74, 6) is 1.31. The summed E-state index contributed by atoms with van der Waals surface area (Å²) in [6, 6.07) is 13.1. The fourth-order valence-corrected chi connectivity index (χ4v) is 5.20. The summed E-state index contributed by atoms with van der Waals surface area (Å²) in [6.45, 7) is 0.285. The van der Waals surface area contributed by atoms with E-state index in [0.717, 1.165) is 27.7 Å². The zero-order valence-corrected chi connectivity index (χ0v) is 16.8. The molecule has 1 aromatic heterocycles. The maximum absolute atomic E-state index is 13.2. The lowest BCUT2D eigenvalue weighted by Gasteiger charge is -2.46. The van der Waals surface area contributed by atoms with Gasteiger partial charge in [-0.15, -0.1) is 0 Å². The van der Waals surface area contributed by atoms with Gasteiger partial charge in [0.05, 0.1) is 12.6 Å². The highest BCUT2D eigenvalue weighted by atomic mass is 16.7. The average molecular weight is 403 g/mol. The summed E-state index contributed by atoms with van der Waals surface area (Å²) < 4.78 is 13.2. The van der Waals surface area contributed by atoms with Crippen LogP contribution in [0.25, 0.3) is 10.9 Å². The second-order valence-corrected chi connectivity index (χ2v) is 8.17. The molecule has 0 unspecified atom stereocenters. The van der Waals surface area contributed by atoms with Crippen molar-refractivity contribution in [2.75, 3.05) is 20.4 Å². The second-order valence-electron chi connectivity index (χ2n) is 8.17. The highest BCUT2D eigenvalue weighted by Crippen LogP contribution is 2.45. The topological polar surface area (TPSA) is 64.0 Å². The molecule has 0 spiro atoms. The van der Waals surface area contributed by atoms with Gasteiger partial charge >= 0.3 is 0 Å². The number of likely N-dealkylation sites (N-methyl/N-ethyl adjacent to an activating group) is 1. The van der Waals surface area contributed by atoms with Crippen molar-refractivity contribution in [2.45, 2.75) is 18.5 Å². The van der Waals surface area contributed by atoms with Gasteiger partial charge in [-0.3, -0.25) is 9.59 Å². The monoisotopic (exact) mass is 403 g/mol. The first-order valence-corrected chi connectivity index (χ1v) is 10.1. The first-order chi connectivity index (χ1) is 14.5. The number of benzene rings is 2. The Morgan fingerprint density at radius 3 is 2.67 bits per heavy atom. The molecule has 3 aliphatic rings. The first-order valence-electron chi connectivity index (χ1n) is 10.1. The van der Waals surface area contributed by atoms with Crippen LogP contribution in [0.5, 0.6) is 11.5 Å². The predicted octanol–water partition coefficient (Wildman–Crippen LogP) is 2.22. The van der Waals surface area contributed by atoms with Crippen LogP contribution < -0.4 is 9.47 Å². The van der Waals surface area contributed by atoms with Crippen molar-refractivity contribution >= 4 is 22.7 Å². The summed E-state index contributed by atoms with van der Waals surface area (Å²) in [6.07, 6.45) is 0.520. The van der Waals surface area contributed by atoms with Crippen molar-refractivity contribution in [3.63, 3.8) is 0 Å². The fraction of sp³-hybridized carbons (Fsp3) is 0.304. The van der Waals surface area contributed by atoms with E-state index in [0.29, 0.717) is 17.9 Å². The molecule has 0 radical (unpaired) electrons. The molecule has 152 valence electrons. The van der Waals surface area contributed by atoms with Crippen molar-refractivity contribution in [3.05, 3.63) is 59.3 Å². The molecule has 30 heavy (non-hydrogen) atoms. The van der Waals surface area contributed by atoms with Gasteiger partial charge in [0, 0.05) is 37.1 Å². The molecule has 2 aromatic carbocycles. The quantitative estimate of drug-likeness (QED) is 0.625. The largest absolute Gasteiger partial charge is 0.454 e. The van der Waals surface area contributed by atoms with Crippen molar-refractivity contribution in [1.82, 2.24) is 14.4 Å². The molecule has 0 saturated carbocycles. The number of aryl methyl sites for hydroxylation is 1. The molecule has 0 N–H and O–H groups in total. The lowest BCUT2D eigenvalue weighted by Crippen LogP contribution is -2.62. The van der Waals surface area contributed by atoms with Crippen LogP contribution in [0.4, 0.5) is 0 Å². The number of hydrogen-bond acceptors (Lipinski definition) is 4. The molecule has 2 amide bonds. The summed E-state index contributed by atoms with van der Waals surface area (Å²) in [4.78, 5) is 29.6. The van der Waals surface area contributed by atoms with E-state index in [1.54, 1.807) is 11.9 Å². The van der Waals surface area contributed by atoms with E-state index < -0.39 is 6.04 Å². The maximum Gasteiger partial charge on any atom is 0.245 e. The third kappa shape index (κ3) is 2.20. The SMILES string of the molecule is CN1CC(=O)N2[C@@H](c3ccc4c(c3)OCO4)c3c(c4ccccc4n3C)C[C@@H]2C1=O. The van der Waals surface area contributed by atoms with Crippen molar-refractivity contribution < 1.29 is 19.1 Å². The van der Waals surface area contributed by atoms with Crippen LogP contribution in [0.1, 0.15) is 22.9 Å². The smallest absolute Gasteiger partial charge is 0.245 e. The third-order valence-electron chi connectivity index (χ3n) is 6.57. The Kier molecular flexibility index (Phi) is 3.48. The standard InChI is InChI=1S/C23H21N3O4/c1-24-11-20(27)26-17(23(24)28)10-15-14-5-3-4-6-16(14)25(2)22(15)21(26)13-7-8-18-19(9-13)30-12-29-18/h3-9,17,21H,10-12H2,1-2H3/t17-,21+/m1/s1. The number of rotatable bonds is 1. The molecule has 1 saturated heterocycles. The molecular formula is C23H21N3O4. The van der Waals surface area contributed by atoms with E-state index in [1.807, 2.05) is 37.4 Å². The Balaban J connectivity index is 1.63. The number of ether oxygens (including phenoxy) is 2. The van der Waals surface area contributed by atoms with Gasteiger partial charge in [-0.25, -0.2) is 0 Å². The molecule has 1 fully saturated rings. The normalized spacial score (nSPS) is 22.5. The fourth-order valence-electron chi connectivity index (χ4n) is 5.20. The van der Waals surface area contributed by atoms with Crippen LogP contribution >= 0.6 is 0 Å². The number of piperazine rings is 1. The number of aromatic nitrogens is 1. The summed E-state index contributed by atoms with van der Waals surface area (Å²) in [5.41, 5.74) is 4.20. The predicted molar refractivity (Wildman–Crippen MR) is 109 cm³/mol. The second kappa shape index (κ2) is 6.01. The number of fused-ring (bicyclic) bond motifs is 5. The molecule has 3 aliphatic heterocycles. The summed E-state index contributed by atoms with van der Waals surface area (Å²) >= 11 is 0. The van der Waals surface area contributed by atoms with Crippen LogP contribution in [-0.4, -0.2) is 52.6 Å². The summed E-state index contributed by atoms with van der Waals surface area (Å²) in [5, 5.41) is 1.13. The Morgan fingerprint density at radius 2 is 1.80 bits per heavy atom. The van der Waals surface area contributed by atoms with E-state index in [1.165, 1.54) is 4.90 Å². The van der Waals surface area contributed by atoms with Gasteiger partial charge in [-0.05, 0) is 29.3 Å². The Labute approximate surface area is 173 Å².